The van der Waals surface area contributed by atoms with Crippen LogP contribution < -0.4 is 5.32 Å². The molecule has 0 unspecified atom stereocenters. The minimum Gasteiger partial charge on any atom is -0.480 e. The highest BCUT2D eigenvalue weighted by molar-refractivity contribution is 7.98. The quantitative estimate of drug-likeness (QED) is 0.772. The molecule has 0 fully saturated rings. The van der Waals surface area contributed by atoms with Gasteiger partial charge < -0.3 is 10.4 Å². The van der Waals surface area contributed by atoms with Crippen molar-refractivity contribution in [3.05, 3.63) is 59.9 Å². The van der Waals surface area contributed by atoms with Crippen molar-refractivity contribution in [2.75, 3.05) is 12.0 Å². The van der Waals surface area contributed by atoms with Crippen LogP contribution in [0, 0.1) is 5.82 Å². The average molecular weight is 333 g/mol. The highest BCUT2D eigenvalue weighted by Gasteiger charge is 2.16. The van der Waals surface area contributed by atoms with Gasteiger partial charge in [0.15, 0.2) is 0 Å². The van der Waals surface area contributed by atoms with Crippen molar-refractivity contribution in [3.8, 4) is 11.1 Å². The predicted molar refractivity (Wildman–Crippen MR) is 93.1 cm³/mol. The van der Waals surface area contributed by atoms with E-state index in [1.807, 2.05) is 42.7 Å². The predicted octanol–water partition coefficient (Wildman–Crippen LogP) is 3.79. The first-order valence-electron chi connectivity index (χ1n) is 7.41. The largest absolute Gasteiger partial charge is 0.480 e. The van der Waals surface area contributed by atoms with Gasteiger partial charge in [-0.2, -0.15) is 11.8 Å². The molecule has 2 rings (SSSR count). The Labute approximate surface area is 139 Å². The number of hydrogen-bond donors (Lipinski definition) is 2. The Hall–Kier alpha value is -1.85. The first kappa shape index (κ1) is 17.5. The van der Waals surface area contributed by atoms with Crippen LogP contribution in [-0.4, -0.2) is 29.1 Å². The number of carbonyl (C=O) groups is 1. The molecule has 122 valence electrons. The number of hydrogen-bond acceptors (Lipinski definition) is 3. The molecule has 0 saturated carbocycles. The molecule has 0 aromatic heterocycles. The zero-order valence-electron chi connectivity index (χ0n) is 13.0. The Morgan fingerprint density at radius 2 is 1.96 bits per heavy atom. The SMILES string of the molecule is CSCC[C@@H](NCc1ccc(-c2ccccc2)cc1F)C(=O)O. The van der Waals surface area contributed by atoms with E-state index >= 15 is 0 Å². The van der Waals surface area contributed by atoms with Gasteiger partial charge in [-0.1, -0.05) is 42.5 Å². The lowest BCUT2D eigenvalue weighted by Crippen LogP contribution is -2.36. The van der Waals surface area contributed by atoms with Crippen molar-refractivity contribution in [1.29, 1.82) is 0 Å². The Kier molecular flexibility index (Phi) is 6.62. The summed E-state index contributed by atoms with van der Waals surface area (Å²) in [5.74, 6) is -0.479. The third-order valence-electron chi connectivity index (χ3n) is 3.61. The molecule has 5 heteroatoms. The van der Waals surface area contributed by atoms with E-state index in [-0.39, 0.29) is 12.4 Å². The summed E-state index contributed by atoms with van der Waals surface area (Å²) in [6, 6.07) is 14.0. The maximum Gasteiger partial charge on any atom is 0.320 e. The van der Waals surface area contributed by atoms with Crippen molar-refractivity contribution >= 4 is 17.7 Å². The minimum absolute atomic E-state index is 0.201. The molecule has 2 N–H and O–H groups in total. The van der Waals surface area contributed by atoms with Crippen molar-refractivity contribution in [2.45, 2.75) is 19.0 Å². The second kappa shape index (κ2) is 8.70. The van der Waals surface area contributed by atoms with E-state index in [0.29, 0.717) is 12.0 Å². The molecule has 0 spiro atoms. The van der Waals surface area contributed by atoms with Crippen LogP contribution in [0.2, 0.25) is 0 Å². The van der Waals surface area contributed by atoms with Crippen LogP contribution in [0.5, 0.6) is 0 Å². The lowest BCUT2D eigenvalue weighted by molar-refractivity contribution is -0.139. The van der Waals surface area contributed by atoms with Crippen LogP contribution in [0.15, 0.2) is 48.5 Å². The number of rotatable bonds is 8. The molecule has 1 atom stereocenters. The van der Waals surface area contributed by atoms with Crippen LogP contribution in [-0.2, 0) is 11.3 Å². The van der Waals surface area contributed by atoms with Gasteiger partial charge in [0.05, 0.1) is 0 Å². The van der Waals surface area contributed by atoms with Gasteiger partial charge in [0, 0.05) is 12.1 Å². The molecule has 2 aromatic rings. The number of thioether (sulfide) groups is 1. The van der Waals surface area contributed by atoms with Gasteiger partial charge in [0.2, 0.25) is 0 Å². The van der Waals surface area contributed by atoms with Gasteiger partial charge >= 0.3 is 5.97 Å². The number of nitrogens with one attached hydrogen (secondary N) is 1. The molecule has 0 bridgehead atoms. The van der Waals surface area contributed by atoms with Crippen molar-refractivity contribution in [2.24, 2.45) is 0 Å². The van der Waals surface area contributed by atoms with Crippen molar-refractivity contribution in [1.82, 2.24) is 5.32 Å². The number of aliphatic carboxylic acids is 1. The Balaban J connectivity index is 2.05. The lowest BCUT2D eigenvalue weighted by Gasteiger charge is -2.14. The monoisotopic (exact) mass is 333 g/mol. The van der Waals surface area contributed by atoms with E-state index < -0.39 is 12.0 Å². The maximum absolute atomic E-state index is 14.2. The molecule has 0 aliphatic rings. The van der Waals surface area contributed by atoms with Crippen LogP contribution >= 0.6 is 11.8 Å². The van der Waals surface area contributed by atoms with Crippen LogP contribution in [0.3, 0.4) is 0 Å². The van der Waals surface area contributed by atoms with Crippen LogP contribution in [0.4, 0.5) is 4.39 Å². The summed E-state index contributed by atoms with van der Waals surface area (Å²) in [6.45, 7) is 0.201. The summed E-state index contributed by atoms with van der Waals surface area (Å²) < 4.78 is 14.2. The Bertz CT molecular complexity index is 649. The molecule has 0 radical (unpaired) electrons. The second-order valence-electron chi connectivity index (χ2n) is 5.23. The zero-order chi connectivity index (χ0) is 16.7. The van der Waals surface area contributed by atoms with E-state index in [9.17, 15) is 14.3 Å². The summed E-state index contributed by atoms with van der Waals surface area (Å²) in [4.78, 5) is 11.2. The van der Waals surface area contributed by atoms with Crippen LogP contribution in [0.1, 0.15) is 12.0 Å². The standard InChI is InChI=1S/C18H20FNO2S/c1-23-10-9-17(18(21)22)20-12-15-8-7-14(11-16(15)19)13-5-3-2-4-6-13/h2-8,11,17,20H,9-10,12H2,1H3,(H,21,22)/t17-/m1/s1. The summed E-state index contributed by atoms with van der Waals surface area (Å²) >= 11 is 1.59. The molecular formula is C18H20FNO2S. The Morgan fingerprint density at radius 1 is 1.22 bits per heavy atom. The molecule has 0 amide bonds. The fourth-order valence-electron chi connectivity index (χ4n) is 2.28. The van der Waals surface area contributed by atoms with E-state index in [0.717, 1.165) is 16.9 Å². The molecule has 0 aliphatic carbocycles. The van der Waals surface area contributed by atoms with Gasteiger partial charge in [-0.25, -0.2) is 4.39 Å². The zero-order valence-corrected chi connectivity index (χ0v) is 13.8. The third kappa shape index (κ3) is 5.08. The fourth-order valence-corrected chi connectivity index (χ4v) is 2.75. The van der Waals surface area contributed by atoms with Gasteiger partial charge in [-0.05, 0) is 35.6 Å². The molecule has 0 aliphatic heterocycles. The highest BCUT2D eigenvalue weighted by Crippen LogP contribution is 2.21. The van der Waals surface area contributed by atoms with E-state index in [2.05, 4.69) is 5.32 Å². The molecule has 2 aromatic carbocycles. The highest BCUT2D eigenvalue weighted by atomic mass is 32.2. The molecule has 0 heterocycles. The second-order valence-corrected chi connectivity index (χ2v) is 6.21. The molecular weight excluding hydrogens is 313 g/mol. The smallest absolute Gasteiger partial charge is 0.320 e. The average Bonchev–Trinajstić information content (AvgIpc) is 2.56. The number of carboxylic acid groups (broad SMARTS) is 1. The summed E-state index contributed by atoms with van der Waals surface area (Å²) in [7, 11) is 0. The lowest BCUT2D eigenvalue weighted by atomic mass is 10.0. The first-order chi connectivity index (χ1) is 11.1. The van der Waals surface area contributed by atoms with E-state index in [1.54, 1.807) is 17.8 Å². The molecule has 3 nitrogen and oxygen atoms in total. The number of benzene rings is 2. The third-order valence-corrected chi connectivity index (χ3v) is 4.25. The summed E-state index contributed by atoms with van der Waals surface area (Å²) in [5, 5.41) is 12.1. The van der Waals surface area contributed by atoms with Gasteiger partial charge in [0.1, 0.15) is 11.9 Å². The minimum atomic E-state index is -0.902. The van der Waals surface area contributed by atoms with Crippen LogP contribution in [0.25, 0.3) is 11.1 Å². The normalized spacial score (nSPS) is 12.1. The van der Waals surface area contributed by atoms with Gasteiger partial charge in [-0.3, -0.25) is 4.79 Å². The summed E-state index contributed by atoms with van der Waals surface area (Å²) in [5.41, 5.74) is 2.23. The van der Waals surface area contributed by atoms with Gasteiger partial charge in [-0.15, -0.1) is 0 Å². The van der Waals surface area contributed by atoms with Crippen molar-refractivity contribution in [3.63, 3.8) is 0 Å². The van der Waals surface area contributed by atoms with Crippen molar-refractivity contribution < 1.29 is 14.3 Å². The number of carboxylic acids is 1. The maximum atomic E-state index is 14.2. The van der Waals surface area contributed by atoms with Gasteiger partial charge in [0.25, 0.3) is 0 Å². The molecule has 0 saturated heterocycles. The van der Waals surface area contributed by atoms with E-state index in [4.69, 9.17) is 0 Å². The summed E-state index contributed by atoms with van der Waals surface area (Å²) in [6.07, 6.45) is 2.45. The Morgan fingerprint density at radius 3 is 2.57 bits per heavy atom. The van der Waals surface area contributed by atoms with E-state index in [1.165, 1.54) is 6.07 Å². The molecule has 23 heavy (non-hydrogen) atoms. The first-order valence-corrected chi connectivity index (χ1v) is 8.80. The number of halogens is 1. The fraction of sp³-hybridized carbons (Fsp3) is 0.278. The topological polar surface area (TPSA) is 49.3 Å².